The Morgan fingerprint density at radius 2 is 2.11 bits per heavy atom. The molecule has 0 aliphatic rings. The van der Waals surface area contributed by atoms with Crippen LogP contribution in [0.1, 0.15) is 36.8 Å². The Hall–Kier alpha value is -1.69. The molecule has 19 heavy (non-hydrogen) atoms. The second kappa shape index (κ2) is 5.13. The molecule has 5 nitrogen and oxygen atoms in total. The molecule has 0 aliphatic heterocycles. The third kappa shape index (κ3) is 3.41. The van der Waals surface area contributed by atoms with Crippen molar-refractivity contribution in [1.29, 1.82) is 0 Å². The lowest BCUT2D eigenvalue weighted by atomic mass is 9.92. The quantitative estimate of drug-likeness (QED) is 0.834. The van der Waals surface area contributed by atoms with Gasteiger partial charge >= 0.3 is 0 Å². The van der Waals surface area contributed by atoms with Crippen LogP contribution in [0.5, 0.6) is 0 Å². The molecule has 0 fully saturated rings. The molecule has 2 N–H and O–H groups in total. The van der Waals surface area contributed by atoms with Crippen molar-refractivity contribution in [3.8, 4) is 0 Å². The molecule has 6 heteroatoms. The lowest BCUT2D eigenvalue weighted by molar-refractivity contribution is 0.102. The minimum absolute atomic E-state index is 0.0321. The van der Waals surface area contributed by atoms with Crippen molar-refractivity contribution in [2.24, 2.45) is 0 Å². The van der Waals surface area contributed by atoms with E-state index < -0.39 is 0 Å². The van der Waals surface area contributed by atoms with Gasteiger partial charge in [0.25, 0.3) is 5.91 Å². The molecule has 1 amide bonds. The fourth-order valence-corrected chi connectivity index (χ4v) is 1.87. The minimum Gasteiger partial charge on any atom is -0.305 e. The van der Waals surface area contributed by atoms with Crippen LogP contribution in [0.3, 0.4) is 0 Å². The van der Waals surface area contributed by atoms with E-state index in [0.29, 0.717) is 16.0 Å². The van der Waals surface area contributed by atoms with Crippen molar-refractivity contribution in [1.82, 2.24) is 15.2 Å². The maximum absolute atomic E-state index is 12.0. The summed E-state index contributed by atoms with van der Waals surface area (Å²) in [4.78, 5) is 16.0. The predicted octanol–water partition coefficient (Wildman–Crippen LogP) is 3.12. The molecule has 0 aromatic carbocycles. The van der Waals surface area contributed by atoms with Gasteiger partial charge in [-0.3, -0.25) is 9.89 Å². The van der Waals surface area contributed by atoms with Crippen LogP contribution < -0.4 is 5.32 Å². The highest BCUT2D eigenvalue weighted by Crippen LogP contribution is 2.22. The number of carbonyl (C=O) groups is 1. The third-order valence-corrected chi connectivity index (χ3v) is 3.05. The summed E-state index contributed by atoms with van der Waals surface area (Å²) in [5, 5.41) is 9.76. The number of anilines is 1. The van der Waals surface area contributed by atoms with Gasteiger partial charge in [-0.15, -0.1) is 0 Å². The summed E-state index contributed by atoms with van der Waals surface area (Å²) in [5.41, 5.74) is 1.47. The number of hydrogen-bond acceptors (Lipinski definition) is 3. The third-order valence-electron chi connectivity index (χ3n) is 2.62. The Morgan fingerprint density at radius 3 is 2.68 bits per heavy atom. The SMILES string of the molecule is CC(C)(C)c1cc(NC(=O)c2ccnc(Br)c2)n[nH]1. The molecule has 0 saturated heterocycles. The molecule has 2 heterocycles. The van der Waals surface area contributed by atoms with E-state index in [1.807, 2.05) is 6.07 Å². The number of carbonyl (C=O) groups excluding carboxylic acids is 1. The lowest BCUT2D eigenvalue weighted by Crippen LogP contribution is -2.12. The first-order chi connectivity index (χ1) is 8.86. The van der Waals surface area contributed by atoms with Crippen LogP contribution in [0.2, 0.25) is 0 Å². The van der Waals surface area contributed by atoms with Crippen molar-refractivity contribution < 1.29 is 4.79 Å². The van der Waals surface area contributed by atoms with Gasteiger partial charge in [0.05, 0.1) is 0 Å². The second-order valence-corrected chi connectivity index (χ2v) is 6.05. The largest absolute Gasteiger partial charge is 0.305 e. The Balaban J connectivity index is 2.13. The predicted molar refractivity (Wildman–Crippen MR) is 77.2 cm³/mol. The van der Waals surface area contributed by atoms with Crippen molar-refractivity contribution in [3.63, 3.8) is 0 Å². The van der Waals surface area contributed by atoms with Crippen LogP contribution >= 0.6 is 15.9 Å². The van der Waals surface area contributed by atoms with E-state index >= 15 is 0 Å². The van der Waals surface area contributed by atoms with Crippen LogP contribution in [0.25, 0.3) is 0 Å². The summed E-state index contributed by atoms with van der Waals surface area (Å²) < 4.78 is 0.623. The van der Waals surface area contributed by atoms with Crippen molar-refractivity contribution in [2.75, 3.05) is 5.32 Å². The fraction of sp³-hybridized carbons (Fsp3) is 0.308. The monoisotopic (exact) mass is 322 g/mol. The molecule has 100 valence electrons. The van der Waals surface area contributed by atoms with E-state index in [4.69, 9.17) is 0 Å². The molecule has 2 aromatic rings. The molecule has 0 spiro atoms. The fourth-order valence-electron chi connectivity index (χ4n) is 1.50. The van der Waals surface area contributed by atoms with Gasteiger partial charge in [-0.2, -0.15) is 5.10 Å². The Labute approximate surface area is 120 Å². The highest BCUT2D eigenvalue weighted by Gasteiger charge is 2.17. The number of aromatic amines is 1. The number of pyridine rings is 1. The van der Waals surface area contributed by atoms with Gasteiger partial charge < -0.3 is 5.32 Å². The molecule has 0 aliphatic carbocycles. The number of nitrogens with one attached hydrogen (secondary N) is 2. The number of nitrogens with zero attached hydrogens (tertiary/aromatic N) is 2. The van der Waals surface area contributed by atoms with Crippen LogP contribution in [0.15, 0.2) is 29.0 Å². The summed E-state index contributed by atoms with van der Waals surface area (Å²) in [5.74, 6) is 0.304. The molecule has 0 bridgehead atoms. The zero-order chi connectivity index (χ0) is 14.0. The maximum atomic E-state index is 12.0. The molecule has 0 saturated carbocycles. The van der Waals surface area contributed by atoms with E-state index in [1.165, 1.54) is 0 Å². The molecule has 0 radical (unpaired) electrons. The van der Waals surface area contributed by atoms with E-state index in [9.17, 15) is 4.79 Å². The lowest BCUT2D eigenvalue weighted by Gasteiger charge is -2.14. The second-order valence-electron chi connectivity index (χ2n) is 5.24. The van der Waals surface area contributed by atoms with Crippen LogP contribution in [0, 0.1) is 0 Å². The number of rotatable bonds is 2. The van der Waals surface area contributed by atoms with Crippen molar-refractivity contribution in [2.45, 2.75) is 26.2 Å². The van der Waals surface area contributed by atoms with Crippen molar-refractivity contribution in [3.05, 3.63) is 40.3 Å². The number of amides is 1. The van der Waals surface area contributed by atoms with Gasteiger partial charge in [-0.1, -0.05) is 20.8 Å². The molecular formula is C13H15BrN4O. The van der Waals surface area contributed by atoms with Gasteiger partial charge in [0.1, 0.15) is 4.60 Å². The van der Waals surface area contributed by atoms with Gasteiger partial charge in [0, 0.05) is 28.9 Å². The van der Waals surface area contributed by atoms with E-state index in [2.05, 4.69) is 57.2 Å². The van der Waals surface area contributed by atoms with Gasteiger partial charge in [0.15, 0.2) is 5.82 Å². The van der Waals surface area contributed by atoms with Gasteiger partial charge in [-0.25, -0.2) is 4.98 Å². The zero-order valence-corrected chi connectivity index (χ0v) is 12.6. The highest BCUT2D eigenvalue weighted by molar-refractivity contribution is 9.10. The average molecular weight is 323 g/mol. The standard InChI is InChI=1S/C13H15BrN4O/c1-13(2,3)9-7-11(18-17-9)16-12(19)8-4-5-15-10(14)6-8/h4-7H,1-3H3,(H2,16,17,18,19). The molecular weight excluding hydrogens is 308 g/mol. The molecule has 0 atom stereocenters. The first-order valence-corrected chi connectivity index (χ1v) is 6.64. The van der Waals surface area contributed by atoms with E-state index in [-0.39, 0.29) is 11.3 Å². The summed E-state index contributed by atoms with van der Waals surface area (Å²) in [6.45, 7) is 6.23. The topological polar surface area (TPSA) is 70.7 Å². The smallest absolute Gasteiger partial charge is 0.257 e. The normalized spacial score (nSPS) is 11.4. The number of H-pyrrole nitrogens is 1. The van der Waals surface area contributed by atoms with Crippen molar-refractivity contribution >= 4 is 27.7 Å². The van der Waals surface area contributed by atoms with Gasteiger partial charge in [-0.05, 0) is 28.1 Å². The Kier molecular flexibility index (Phi) is 3.71. The van der Waals surface area contributed by atoms with Crippen LogP contribution in [-0.4, -0.2) is 21.1 Å². The summed E-state index contributed by atoms with van der Waals surface area (Å²) >= 11 is 3.23. The maximum Gasteiger partial charge on any atom is 0.257 e. The van der Waals surface area contributed by atoms with Gasteiger partial charge in [0.2, 0.25) is 0 Å². The number of aromatic nitrogens is 3. The zero-order valence-electron chi connectivity index (χ0n) is 11.0. The summed E-state index contributed by atoms with van der Waals surface area (Å²) in [6.07, 6.45) is 1.57. The van der Waals surface area contributed by atoms with Crippen LogP contribution in [-0.2, 0) is 5.41 Å². The Morgan fingerprint density at radius 1 is 1.37 bits per heavy atom. The first kappa shape index (κ1) is 13.7. The van der Waals surface area contributed by atoms with Crippen LogP contribution in [0.4, 0.5) is 5.82 Å². The average Bonchev–Trinajstić information content (AvgIpc) is 2.77. The highest BCUT2D eigenvalue weighted by atomic mass is 79.9. The summed E-state index contributed by atoms with van der Waals surface area (Å²) in [6, 6.07) is 5.15. The number of halogens is 1. The number of hydrogen-bond donors (Lipinski definition) is 2. The van der Waals surface area contributed by atoms with E-state index in [0.717, 1.165) is 5.69 Å². The molecule has 2 aromatic heterocycles. The first-order valence-electron chi connectivity index (χ1n) is 5.85. The molecule has 0 unspecified atom stereocenters. The molecule has 2 rings (SSSR count). The summed E-state index contributed by atoms with van der Waals surface area (Å²) in [7, 11) is 0. The minimum atomic E-state index is -0.213. The van der Waals surface area contributed by atoms with E-state index in [1.54, 1.807) is 18.3 Å². The Bertz CT molecular complexity index is 601.